The lowest BCUT2D eigenvalue weighted by atomic mass is 10.1. The molecule has 0 saturated carbocycles. The average Bonchev–Trinajstić information content (AvgIpc) is 2.38. The molecule has 1 aliphatic heterocycles. The summed E-state index contributed by atoms with van der Waals surface area (Å²) in [5.41, 5.74) is -0.696. The Morgan fingerprint density at radius 3 is 2.61 bits per heavy atom. The maximum Gasteiger partial charge on any atom is 0.337 e. The van der Waals surface area contributed by atoms with Crippen molar-refractivity contribution >= 4 is 11.8 Å². The zero-order valence-corrected chi connectivity index (χ0v) is 9.77. The molecule has 0 atom stereocenters. The Morgan fingerprint density at radius 1 is 1.39 bits per heavy atom. The fraction of sp³-hybridized carbons (Fsp3) is 0.417. The molecule has 0 aliphatic carbocycles. The molecule has 94 valence electrons. The standard InChI is InChI=1S/C12H13N3O3/c13-7-9-8(12(17)18)6-10(16)14-11(9)15-4-2-1-3-5-15/h6H,1-5H2,(H,14,16)(H,17,18). The number of rotatable bonds is 2. The Balaban J connectivity index is 2.55. The molecule has 1 aromatic rings. The number of nitriles is 1. The second-order valence-corrected chi connectivity index (χ2v) is 4.24. The number of carboxylic acid groups (broad SMARTS) is 1. The van der Waals surface area contributed by atoms with Crippen LogP contribution in [0.15, 0.2) is 10.9 Å². The Morgan fingerprint density at radius 2 is 2.06 bits per heavy atom. The SMILES string of the molecule is N#Cc1c(C(=O)O)cc(=O)[nH]c1N1CCCCC1. The molecule has 18 heavy (non-hydrogen) atoms. The lowest BCUT2D eigenvalue weighted by Crippen LogP contribution is -2.33. The van der Waals surface area contributed by atoms with Gasteiger partial charge < -0.3 is 15.0 Å². The Kier molecular flexibility index (Phi) is 3.33. The van der Waals surface area contributed by atoms with Crippen LogP contribution >= 0.6 is 0 Å². The van der Waals surface area contributed by atoms with E-state index in [1.54, 1.807) is 0 Å². The van der Waals surface area contributed by atoms with E-state index in [1.165, 1.54) is 0 Å². The highest BCUT2D eigenvalue weighted by atomic mass is 16.4. The Hall–Kier alpha value is -2.29. The molecule has 1 aromatic heterocycles. The van der Waals surface area contributed by atoms with Crippen LogP contribution in [0.2, 0.25) is 0 Å². The number of nitrogens with zero attached hydrogens (tertiary/aromatic N) is 2. The van der Waals surface area contributed by atoms with E-state index < -0.39 is 11.5 Å². The van der Waals surface area contributed by atoms with E-state index in [4.69, 9.17) is 10.4 Å². The number of anilines is 1. The smallest absolute Gasteiger partial charge is 0.337 e. The van der Waals surface area contributed by atoms with Gasteiger partial charge in [0.05, 0.1) is 5.56 Å². The molecule has 0 aromatic carbocycles. The highest BCUT2D eigenvalue weighted by Crippen LogP contribution is 2.22. The van der Waals surface area contributed by atoms with E-state index in [9.17, 15) is 9.59 Å². The molecule has 0 amide bonds. The number of H-pyrrole nitrogens is 1. The molecule has 1 aliphatic rings. The monoisotopic (exact) mass is 247 g/mol. The number of piperidine rings is 1. The van der Waals surface area contributed by atoms with Crippen molar-refractivity contribution in [2.75, 3.05) is 18.0 Å². The van der Waals surface area contributed by atoms with Crippen molar-refractivity contribution in [3.63, 3.8) is 0 Å². The maximum atomic E-state index is 11.5. The minimum atomic E-state index is -1.25. The van der Waals surface area contributed by atoms with E-state index >= 15 is 0 Å². The van der Waals surface area contributed by atoms with Crippen LogP contribution in [0.1, 0.15) is 35.2 Å². The first-order valence-corrected chi connectivity index (χ1v) is 5.79. The van der Waals surface area contributed by atoms with Gasteiger partial charge in [0.25, 0.3) is 0 Å². The van der Waals surface area contributed by atoms with E-state index in [-0.39, 0.29) is 11.1 Å². The predicted octanol–water partition coefficient (Wildman–Crippen LogP) is 0.935. The Bertz CT molecular complexity index is 565. The summed E-state index contributed by atoms with van der Waals surface area (Å²) in [7, 11) is 0. The minimum absolute atomic E-state index is 0.0315. The van der Waals surface area contributed by atoms with Gasteiger partial charge in [-0.05, 0) is 19.3 Å². The van der Waals surface area contributed by atoms with Crippen molar-refractivity contribution in [3.8, 4) is 6.07 Å². The van der Waals surface area contributed by atoms with Crippen molar-refractivity contribution in [3.05, 3.63) is 27.5 Å². The number of aromatic amines is 1. The summed E-state index contributed by atoms with van der Waals surface area (Å²) in [5.74, 6) is -0.919. The third-order valence-electron chi connectivity index (χ3n) is 3.04. The molecular formula is C12H13N3O3. The maximum absolute atomic E-state index is 11.5. The molecule has 0 bridgehead atoms. The number of carbonyl (C=O) groups is 1. The third-order valence-corrected chi connectivity index (χ3v) is 3.04. The number of nitrogens with one attached hydrogen (secondary N) is 1. The number of carboxylic acids is 1. The molecule has 6 nitrogen and oxygen atoms in total. The first-order valence-electron chi connectivity index (χ1n) is 5.79. The summed E-state index contributed by atoms with van der Waals surface area (Å²) in [6.07, 6.45) is 3.07. The molecule has 1 fully saturated rings. The van der Waals surface area contributed by atoms with Crippen LogP contribution in [-0.2, 0) is 0 Å². The minimum Gasteiger partial charge on any atom is -0.478 e. The zero-order valence-electron chi connectivity index (χ0n) is 9.77. The Labute approximate surface area is 103 Å². The topological polar surface area (TPSA) is 97.2 Å². The lowest BCUT2D eigenvalue weighted by Gasteiger charge is -2.29. The normalized spacial score (nSPS) is 15.2. The number of aromatic nitrogens is 1. The molecule has 6 heteroatoms. The van der Waals surface area contributed by atoms with Crippen molar-refractivity contribution in [2.45, 2.75) is 19.3 Å². The molecule has 0 radical (unpaired) electrons. The van der Waals surface area contributed by atoms with Crippen LogP contribution in [-0.4, -0.2) is 29.1 Å². The van der Waals surface area contributed by atoms with Crippen LogP contribution in [0.3, 0.4) is 0 Å². The van der Waals surface area contributed by atoms with Gasteiger partial charge >= 0.3 is 5.97 Å². The second kappa shape index (κ2) is 4.92. The van der Waals surface area contributed by atoms with Gasteiger partial charge in [-0.15, -0.1) is 0 Å². The summed E-state index contributed by atoms with van der Waals surface area (Å²) in [6, 6.07) is 2.83. The van der Waals surface area contributed by atoms with Gasteiger partial charge in [0.1, 0.15) is 17.5 Å². The summed E-state index contributed by atoms with van der Waals surface area (Å²) in [5, 5.41) is 18.1. The first-order chi connectivity index (χ1) is 8.63. The van der Waals surface area contributed by atoms with Crippen molar-refractivity contribution in [1.29, 1.82) is 5.26 Å². The van der Waals surface area contributed by atoms with E-state index in [1.807, 2.05) is 11.0 Å². The molecule has 1 saturated heterocycles. The molecular weight excluding hydrogens is 234 g/mol. The summed E-state index contributed by atoms with van der Waals surface area (Å²) in [6.45, 7) is 1.46. The largest absolute Gasteiger partial charge is 0.478 e. The van der Waals surface area contributed by atoms with Crippen LogP contribution < -0.4 is 10.5 Å². The quantitative estimate of drug-likeness (QED) is 0.810. The van der Waals surface area contributed by atoms with Gasteiger partial charge in [-0.3, -0.25) is 4.79 Å². The van der Waals surface area contributed by atoms with Gasteiger partial charge in [-0.1, -0.05) is 0 Å². The molecule has 2 heterocycles. The number of hydrogen-bond donors (Lipinski definition) is 2. The highest BCUT2D eigenvalue weighted by molar-refractivity contribution is 5.92. The van der Waals surface area contributed by atoms with E-state index in [2.05, 4.69) is 4.98 Å². The van der Waals surface area contributed by atoms with E-state index in [0.717, 1.165) is 38.4 Å². The van der Waals surface area contributed by atoms with Crippen LogP contribution in [0.4, 0.5) is 5.82 Å². The third kappa shape index (κ3) is 2.20. The van der Waals surface area contributed by atoms with Crippen molar-refractivity contribution in [1.82, 2.24) is 4.98 Å². The van der Waals surface area contributed by atoms with Crippen molar-refractivity contribution < 1.29 is 9.90 Å². The molecule has 0 spiro atoms. The average molecular weight is 247 g/mol. The molecule has 0 unspecified atom stereocenters. The van der Waals surface area contributed by atoms with Crippen LogP contribution in [0, 0.1) is 11.3 Å². The van der Waals surface area contributed by atoms with Gasteiger partial charge in [0.15, 0.2) is 0 Å². The highest BCUT2D eigenvalue weighted by Gasteiger charge is 2.21. The van der Waals surface area contributed by atoms with Gasteiger partial charge in [-0.2, -0.15) is 5.26 Å². The number of aromatic carboxylic acids is 1. The van der Waals surface area contributed by atoms with Gasteiger partial charge in [0, 0.05) is 19.2 Å². The van der Waals surface area contributed by atoms with Gasteiger partial charge in [0.2, 0.25) is 5.56 Å². The molecule has 2 N–H and O–H groups in total. The summed E-state index contributed by atoms with van der Waals surface area (Å²) < 4.78 is 0. The van der Waals surface area contributed by atoms with Crippen LogP contribution in [0.25, 0.3) is 0 Å². The second-order valence-electron chi connectivity index (χ2n) is 4.24. The molecule has 2 rings (SSSR count). The zero-order chi connectivity index (χ0) is 13.1. The fourth-order valence-electron chi connectivity index (χ4n) is 2.18. The predicted molar refractivity (Wildman–Crippen MR) is 64.8 cm³/mol. The summed E-state index contributed by atoms with van der Waals surface area (Å²) in [4.78, 5) is 27.0. The van der Waals surface area contributed by atoms with Crippen LogP contribution in [0.5, 0.6) is 0 Å². The van der Waals surface area contributed by atoms with E-state index in [0.29, 0.717) is 5.82 Å². The first kappa shape index (κ1) is 12.2. The number of hydrogen-bond acceptors (Lipinski definition) is 4. The summed E-state index contributed by atoms with van der Waals surface area (Å²) >= 11 is 0. The van der Waals surface area contributed by atoms with Gasteiger partial charge in [-0.25, -0.2) is 4.79 Å². The van der Waals surface area contributed by atoms with Crippen molar-refractivity contribution in [2.24, 2.45) is 0 Å². The lowest BCUT2D eigenvalue weighted by molar-refractivity contribution is 0.0696. The number of pyridine rings is 1. The fourth-order valence-corrected chi connectivity index (χ4v) is 2.18.